The molecular formula is C23H19Cl2NO5. The summed E-state index contributed by atoms with van der Waals surface area (Å²) < 4.78 is 11.8. The van der Waals surface area contributed by atoms with Crippen LogP contribution in [0.2, 0.25) is 10.0 Å². The molecule has 0 amide bonds. The normalized spacial score (nSPS) is 10.8. The Morgan fingerprint density at radius 3 is 2.16 bits per heavy atom. The van der Waals surface area contributed by atoms with Crippen LogP contribution < -0.4 is 9.47 Å². The molecule has 31 heavy (non-hydrogen) atoms. The molecule has 0 radical (unpaired) electrons. The minimum absolute atomic E-state index is 0.273. The minimum atomic E-state index is -1.11. The lowest BCUT2D eigenvalue weighted by Crippen LogP contribution is -2.04. The lowest BCUT2D eigenvalue weighted by atomic mass is 10.2. The summed E-state index contributed by atoms with van der Waals surface area (Å²) in [5.74, 6) is -0.0322. The van der Waals surface area contributed by atoms with Crippen molar-refractivity contribution in [3.63, 3.8) is 0 Å². The zero-order valence-corrected chi connectivity index (χ0v) is 17.8. The van der Waals surface area contributed by atoms with Crippen molar-refractivity contribution in [2.75, 3.05) is 6.61 Å². The topological polar surface area (TPSA) is 77.4 Å². The highest BCUT2D eigenvalue weighted by Crippen LogP contribution is 2.26. The van der Waals surface area contributed by atoms with E-state index in [2.05, 4.69) is 5.16 Å². The number of carboxylic acid groups (broad SMARTS) is 1. The first-order valence-electron chi connectivity index (χ1n) is 9.25. The van der Waals surface area contributed by atoms with E-state index in [0.29, 0.717) is 33.7 Å². The second kappa shape index (κ2) is 11.2. The van der Waals surface area contributed by atoms with Gasteiger partial charge in [0.15, 0.2) is 0 Å². The van der Waals surface area contributed by atoms with Crippen molar-refractivity contribution >= 4 is 35.4 Å². The number of hydrogen-bond donors (Lipinski definition) is 1. The monoisotopic (exact) mass is 459 g/mol. The number of rotatable bonds is 10. The maximum atomic E-state index is 10.6. The largest absolute Gasteiger partial charge is 0.489 e. The van der Waals surface area contributed by atoms with Crippen molar-refractivity contribution in [1.29, 1.82) is 0 Å². The molecule has 1 N–H and O–H groups in total. The Morgan fingerprint density at radius 2 is 1.55 bits per heavy atom. The van der Waals surface area contributed by atoms with Crippen LogP contribution in [0.3, 0.4) is 0 Å². The molecular weight excluding hydrogens is 441 g/mol. The molecule has 0 aliphatic heterocycles. The van der Waals surface area contributed by atoms with Gasteiger partial charge in [0.2, 0.25) is 6.61 Å². The van der Waals surface area contributed by atoms with Crippen molar-refractivity contribution in [2.45, 2.75) is 13.2 Å². The fourth-order valence-corrected chi connectivity index (χ4v) is 3.03. The third-order valence-electron chi connectivity index (χ3n) is 4.02. The van der Waals surface area contributed by atoms with Gasteiger partial charge in [-0.3, -0.25) is 0 Å². The van der Waals surface area contributed by atoms with E-state index in [4.69, 9.17) is 42.6 Å². The number of aliphatic carboxylic acids is 1. The standard InChI is InChI=1S/C23H19Cl2NO5/c24-19-5-1-3-16(9-19)13-29-21-8-7-18(12-26-31-15-23(27)28)22(11-21)30-14-17-4-2-6-20(25)10-17/h1-12H,13-15H2,(H,27,28). The van der Waals surface area contributed by atoms with Gasteiger partial charge in [0.1, 0.15) is 24.7 Å². The van der Waals surface area contributed by atoms with Gasteiger partial charge in [0, 0.05) is 21.7 Å². The highest BCUT2D eigenvalue weighted by atomic mass is 35.5. The molecule has 0 aromatic heterocycles. The number of carboxylic acids is 1. The van der Waals surface area contributed by atoms with Crippen molar-refractivity contribution in [3.8, 4) is 11.5 Å². The Kier molecular flexibility index (Phi) is 8.15. The van der Waals surface area contributed by atoms with Crippen LogP contribution in [0.4, 0.5) is 0 Å². The Labute approximate surface area is 189 Å². The quantitative estimate of drug-likeness (QED) is 0.316. The summed E-state index contributed by atoms with van der Waals surface area (Å²) in [7, 11) is 0. The Hall–Kier alpha value is -3.22. The fraction of sp³-hybridized carbons (Fsp3) is 0.130. The molecule has 3 aromatic rings. The lowest BCUT2D eigenvalue weighted by molar-refractivity contribution is -0.142. The second-order valence-electron chi connectivity index (χ2n) is 6.44. The molecule has 0 saturated heterocycles. The average molecular weight is 460 g/mol. The predicted octanol–water partition coefficient (Wildman–Crippen LogP) is 5.59. The van der Waals surface area contributed by atoms with E-state index in [0.717, 1.165) is 11.1 Å². The lowest BCUT2D eigenvalue weighted by Gasteiger charge is -2.13. The summed E-state index contributed by atoms with van der Waals surface area (Å²) in [6.45, 7) is 0.0780. The summed E-state index contributed by atoms with van der Waals surface area (Å²) in [6.07, 6.45) is 1.39. The Bertz CT molecular complexity index is 1070. The van der Waals surface area contributed by atoms with E-state index in [1.807, 2.05) is 36.4 Å². The highest BCUT2D eigenvalue weighted by molar-refractivity contribution is 6.30. The van der Waals surface area contributed by atoms with Crippen molar-refractivity contribution in [2.24, 2.45) is 5.16 Å². The van der Waals surface area contributed by atoms with E-state index >= 15 is 0 Å². The molecule has 0 aliphatic carbocycles. The summed E-state index contributed by atoms with van der Waals surface area (Å²) in [5.41, 5.74) is 2.42. The van der Waals surface area contributed by atoms with E-state index < -0.39 is 12.6 Å². The molecule has 0 fully saturated rings. The van der Waals surface area contributed by atoms with Gasteiger partial charge in [-0.05, 0) is 47.5 Å². The van der Waals surface area contributed by atoms with Crippen molar-refractivity contribution < 1.29 is 24.2 Å². The van der Waals surface area contributed by atoms with E-state index in [-0.39, 0.29) is 6.61 Å². The summed E-state index contributed by atoms with van der Waals surface area (Å²) in [5, 5.41) is 13.6. The van der Waals surface area contributed by atoms with Gasteiger partial charge in [-0.25, -0.2) is 4.79 Å². The first-order valence-corrected chi connectivity index (χ1v) is 10.0. The third-order valence-corrected chi connectivity index (χ3v) is 4.49. The average Bonchev–Trinajstić information content (AvgIpc) is 2.74. The number of oxime groups is 1. The number of benzene rings is 3. The molecule has 3 rings (SSSR count). The molecule has 0 saturated carbocycles. The van der Waals surface area contributed by atoms with Gasteiger partial charge >= 0.3 is 5.97 Å². The Morgan fingerprint density at radius 1 is 0.903 bits per heavy atom. The van der Waals surface area contributed by atoms with Crippen LogP contribution in [0.25, 0.3) is 0 Å². The molecule has 3 aromatic carbocycles. The first kappa shape index (κ1) is 22.5. The maximum absolute atomic E-state index is 10.6. The van der Waals surface area contributed by atoms with Crippen molar-refractivity contribution in [1.82, 2.24) is 0 Å². The number of halogens is 2. The van der Waals surface area contributed by atoms with E-state index in [1.165, 1.54) is 6.21 Å². The third kappa shape index (κ3) is 7.51. The summed E-state index contributed by atoms with van der Waals surface area (Å²) in [6, 6.07) is 20.0. The van der Waals surface area contributed by atoms with Gasteiger partial charge < -0.3 is 19.4 Å². The fourth-order valence-electron chi connectivity index (χ4n) is 2.60. The van der Waals surface area contributed by atoms with Gasteiger partial charge in [0.05, 0.1) is 6.21 Å². The van der Waals surface area contributed by atoms with Crippen molar-refractivity contribution in [3.05, 3.63) is 93.5 Å². The van der Waals surface area contributed by atoms with Crippen LogP contribution in [0.5, 0.6) is 11.5 Å². The maximum Gasteiger partial charge on any atom is 0.344 e. The molecule has 0 heterocycles. The highest BCUT2D eigenvalue weighted by Gasteiger charge is 2.07. The number of hydrogen-bond acceptors (Lipinski definition) is 5. The van der Waals surface area contributed by atoms with Gasteiger partial charge in [-0.15, -0.1) is 0 Å². The molecule has 6 nitrogen and oxygen atoms in total. The van der Waals surface area contributed by atoms with Crippen LogP contribution in [0.1, 0.15) is 16.7 Å². The number of ether oxygens (including phenoxy) is 2. The summed E-state index contributed by atoms with van der Waals surface area (Å²) in [4.78, 5) is 15.3. The van der Waals surface area contributed by atoms with E-state index in [1.54, 1.807) is 30.3 Å². The van der Waals surface area contributed by atoms with Gasteiger partial charge in [-0.2, -0.15) is 0 Å². The molecule has 0 unspecified atom stereocenters. The predicted molar refractivity (Wildman–Crippen MR) is 119 cm³/mol. The van der Waals surface area contributed by atoms with Gasteiger partial charge in [-0.1, -0.05) is 52.6 Å². The van der Waals surface area contributed by atoms with Crippen LogP contribution >= 0.6 is 23.2 Å². The van der Waals surface area contributed by atoms with Crippen LogP contribution in [-0.4, -0.2) is 23.9 Å². The molecule has 160 valence electrons. The molecule has 0 atom stereocenters. The molecule has 0 spiro atoms. The summed E-state index contributed by atoms with van der Waals surface area (Å²) >= 11 is 12.0. The first-order chi connectivity index (χ1) is 15.0. The smallest absolute Gasteiger partial charge is 0.344 e. The zero-order chi connectivity index (χ0) is 22.1. The van der Waals surface area contributed by atoms with Crippen LogP contribution in [0, 0.1) is 0 Å². The van der Waals surface area contributed by atoms with Crippen LogP contribution in [-0.2, 0) is 22.8 Å². The molecule has 0 aliphatic rings. The molecule has 8 heteroatoms. The zero-order valence-electron chi connectivity index (χ0n) is 16.3. The SMILES string of the molecule is O=C(O)CON=Cc1ccc(OCc2cccc(Cl)c2)cc1OCc1cccc(Cl)c1. The van der Waals surface area contributed by atoms with Gasteiger partial charge in [0.25, 0.3) is 0 Å². The van der Waals surface area contributed by atoms with Crippen LogP contribution in [0.15, 0.2) is 71.9 Å². The minimum Gasteiger partial charge on any atom is -0.489 e. The van der Waals surface area contributed by atoms with E-state index in [9.17, 15) is 4.79 Å². The number of carbonyl (C=O) groups is 1. The molecule has 0 bridgehead atoms. The number of nitrogens with zero attached hydrogens (tertiary/aromatic N) is 1. The Balaban J connectivity index is 1.74. The second-order valence-corrected chi connectivity index (χ2v) is 7.31.